The van der Waals surface area contributed by atoms with Crippen LogP contribution >= 0.6 is 11.3 Å². The number of carbonyl (C=O) groups is 5. The molecule has 2 saturated carbocycles. The van der Waals surface area contributed by atoms with E-state index in [9.17, 15) is 24.0 Å². The summed E-state index contributed by atoms with van der Waals surface area (Å²) >= 11 is 1.26. The van der Waals surface area contributed by atoms with Crippen molar-refractivity contribution in [2.75, 3.05) is 26.1 Å². The minimum Gasteiger partial charge on any atom is -0.497 e. The van der Waals surface area contributed by atoms with E-state index in [0.717, 1.165) is 25.7 Å². The van der Waals surface area contributed by atoms with Gasteiger partial charge in [0.1, 0.15) is 47.0 Å². The summed E-state index contributed by atoms with van der Waals surface area (Å²) in [5.41, 5.74) is -1.20. The largest absolute Gasteiger partial charge is 0.497 e. The van der Waals surface area contributed by atoms with Crippen LogP contribution in [0.2, 0.25) is 0 Å². The van der Waals surface area contributed by atoms with E-state index in [1.165, 1.54) is 23.3 Å². The smallest absolute Gasteiger partial charge is 0.408 e. The van der Waals surface area contributed by atoms with Gasteiger partial charge in [0.2, 0.25) is 17.7 Å². The molecule has 0 radical (unpaired) electrons. The number of nitrogens with zero attached hydrogens (tertiary/aromatic N) is 3. The van der Waals surface area contributed by atoms with E-state index < -0.39 is 58.4 Å². The summed E-state index contributed by atoms with van der Waals surface area (Å²) in [7, 11) is 2.81. The van der Waals surface area contributed by atoms with Gasteiger partial charge in [-0.15, -0.1) is 17.9 Å². The number of benzene rings is 1. The Balaban J connectivity index is 1.33. The summed E-state index contributed by atoms with van der Waals surface area (Å²) < 4.78 is 23.0. The molecule has 0 spiro atoms. The maximum atomic E-state index is 14.7. The van der Waals surface area contributed by atoms with Gasteiger partial charge in [-0.25, -0.2) is 19.6 Å². The van der Waals surface area contributed by atoms with E-state index in [1.54, 1.807) is 36.8 Å². The van der Waals surface area contributed by atoms with Crippen LogP contribution in [0.3, 0.4) is 0 Å². The first-order valence-electron chi connectivity index (χ1n) is 19.6. The lowest BCUT2D eigenvalue weighted by Gasteiger charge is -2.35. The van der Waals surface area contributed by atoms with Gasteiger partial charge in [-0.05, 0) is 49.7 Å². The van der Waals surface area contributed by atoms with Crippen LogP contribution in [0, 0.1) is 16.7 Å². The molecule has 5 atom stereocenters. The molecule has 1 aromatic carbocycles. The molecule has 3 N–H and O–H groups in total. The first-order valence-corrected chi connectivity index (χ1v) is 20.5. The van der Waals surface area contributed by atoms with E-state index >= 15 is 0 Å². The van der Waals surface area contributed by atoms with Crippen LogP contribution in [0.5, 0.6) is 11.5 Å². The lowest BCUT2D eigenvalue weighted by Crippen LogP contribution is -2.59. The fourth-order valence-corrected chi connectivity index (χ4v) is 8.13. The number of pyridine rings is 1. The second-order valence-corrected chi connectivity index (χ2v) is 18.2. The minimum atomic E-state index is -1.30. The lowest BCUT2D eigenvalue weighted by atomic mass is 9.85. The number of likely N-dealkylation sites (tertiary alicyclic amines) is 1. The summed E-state index contributed by atoms with van der Waals surface area (Å²) in [5.74, 6) is -1.20. The Kier molecular flexibility index (Phi) is 12.1. The highest BCUT2D eigenvalue weighted by molar-refractivity contribution is 7.14. The Labute approximate surface area is 342 Å². The molecule has 4 amide bonds. The van der Waals surface area contributed by atoms with Crippen molar-refractivity contribution < 1.29 is 42.9 Å². The number of anilines is 1. The van der Waals surface area contributed by atoms with Crippen molar-refractivity contribution in [2.24, 2.45) is 16.7 Å². The van der Waals surface area contributed by atoms with Gasteiger partial charge in [-0.2, -0.15) is 0 Å². The molecule has 58 heavy (non-hydrogen) atoms. The van der Waals surface area contributed by atoms with Crippen LogP contribution in [-0.4, -0.2) is 95.2 Å². The van der Waals surface area contributed by atoms with Crippen LogP contribution in [0.4, 0.5) is 9.93 Å². The number of aromatic nitrogens is 2. The van der Waals surface area contributed by atoms with Crippen molar-refractivity contribution >= 4 is 57.2 Å². The molecular weight excluding hydrogens is 765 g/mol. The molecule has 0 unspecified atom stereocenters. The number of alkyl carbamates (subject to hydrolysis) is 1. The summed E-state index contributed by atoms with van der Waals surface area (Å²) in [5, 5.41) is 11.4. The molecule has 3 aromatic rings. The van der Waals surface area contributed by atoms with E-state index in [2.05, 4.69) is 27.5 Å². The maximum absolute atomic E-state index is 14.7. The van der Waals surface area contributed by atoms with Gasteiger partial charge in [0.25, 0.3) is 0 Å². The van der Waals surface area contributed by atoms with Crippen molar-refractivity contribution in [2.45, 2.75) is 110 Å². The van der Waals surface area contributed by atoms with Crippen LogP contribution < -0.4 is 25.4 Å². The zero-order valence-corrected chi connectivity index (χ0v) is 35.2. The van der Waals surface area contributed by atoms with E-state index in [1.807, 2.05) is 47.6 Å². The predicted octanol–water partition coefficient (Wildman–Crippen LogP) is 6.02. The Morgan fingerprint density at radius 2 is 1.72 bits per heavy atom. The van der Waals surface area contributed by atoms with Gasteiger partial charge < -0.3 is 39.8 Å². The predicted molar refractivity (Wildman–Crippen MR) is 218 cm³/mol. The number of hydrogen-bond donors (Lipinski definition) is 3. The van der Waals surface area contributed by atoms with Crippen molar-refractivity contribution in [3.63, 3.8) is 0 Å². The van der Waals surface area contributed by atoms with Crippen molar-refractivity contribution in [1.29, 1.82) is 0 Å². The zero-order valence-electron chi connectivity index (χ0n) is 34.4. The maximum Gasteiger partial charge on any atom is 0.408 e. The topological polar surface area (TPSA) is 187 Å². The highest BCUT2D eigenvalue weighted by Gasteiger charge is 2.62. The molecule has 2 aliphatic carbocycles. The molecule has 1 aliphatic heterocycles. The molecule has 6 rings (SSSR count). The Hall–Kier alpha value is -5.25. The zero-order chi connectivity index (χ0) is 42.2. The third-order valence-electron chi connectivity index (χ3n) is 10.9. The average Bonchev–Trinajstić information content (AvgIpc) is 3.60. The van der Waals surface area contributed by atoms with E-state index in [4.69, 9.17) is 23.9 Å². The molecule has 3 fully saturated rings. The van der Waals surface area contributed by atoms with Crippen molar-refractivity contribution in [1.82, 2.24) is 25.5 Å². The third kappa shape index (κ3) is 9.06. The number of amides is 4. The number of thiazole rings is 1. The summed E-state index contributed by atoms with van der Waals surface area (Å²) in [6.45, 7) is 14.7. The number of esters is 1. The standard InChI is InChI=1S/C42H54N6O9S/c1-10-23-20-42(23,37(52)55-9)47-34(49)31-18-26(21-48(31)35(50)33(40(2,3)4)45-39(53)57-24-13-11-12-14-24)56-32-19-29(43-28-17-25(54-8)15-16-27(28)32)30-22-58-38(44-30)46-36(51)41(5,6)7/h10,15-17,19,22-24,26,31,33H,1,11-14,18,20-21H2,2-9H3,(H,45,53)(H,47,49)(H,44,46,51)/t23-,26-,31+,33-,42-/m1/s1. The molecule has 3 heterocycles. The number of nitrogens with one attached hydrogen (secondary N) is 3. The highest BCUT2D eigenvalue weighted by atomic mass is 32.1. The Bertz CT molecular complexity index is 2080. The van der Waals surface area contributed by atoms with Crippen LogP contribution in [-0.2, 0) is 28.7 Å². The highest BCUT2D eigenvalue weighted by Crippen LogP contribution is 2.46. The van der Waals surface area contributed by atoms with Gasteiger partial charge >= 0.3 is 12.1 Å². The van der Waals surface area contributed by atoms with Crippen LogP contribution in [0.1, 0.15) is 80.1 Å². The second kappa shape index (κ2) is 16.5. The number of hydrogen-bond acceptors (Lipinski definition) is 12. The second-order valence-electron chi connectivity index (χ2n) is 17.4. The SMILES string of the molecule is C=C[C@@H]1C[C@]1(NC(=O)[C@@H]1C[C@@H](Oc2cc(-c3csc(NC(=O)C(C)(C)C)n3)nc3cc(OC)ccc23)CN1C(=O)[C@@H](NC(=O)OC1CCCC1)C(C)(C)C)C(=O)OC. The molecule has 2 aromatic heterocycles. The third-order valence-corrected chi connectivity index (χ3v) is 11.7. The summed E-state index contributed by atoms with van der Waals surface area (Å²) in [6.07, 6.45) is 3.79. The quantitative estimate of drug-likeness (QED) is 0.143. The first kappa shape index (κ1) is 42.4. The molecular formula is C42H54N6O9S. The molecule has 0 bridgehead atoms. The number of ether oxygens (including phenoxy) is 4. The molecule has 15 nitrogen and oxygen atoms in total. The van der Waals surface area contributed by atoms with E-state index in [0.29, 0.717) is 45.3 Å². The molecule has 312 valence electrons. The Morgan fingerprint density at radius 3 is 2.34 bits per heavy atom. The fraction of sp³-hybridized carbons (Fsp3) is 0.548. The minimum absolute atomic E-state index is 0.0199. The monoisotopic (exact) mass is 818 g/mol. The van der Waals surface area contributed by atoms with E-state index in [-0.39, 0.29) is 30.9 Å². The normalized spacial score (nSPS) is 22.5. The van der Waals surface area contributed by atoms with Gasteiger partial charge in [0, 0.05) is 40.7 Å². The van der Waals surface area contributed by atoms with Gasteiger partial charge in [-0.3, -0.25) is 14.4 Å². The number of carbonyl (C=O) groups excluding carboxylic acids is 5. The van der Waals surface area contributed by atoms with Gasteiger partial charge in [0.05, 0.1) is 32.0 Å². The van der Waals surface area contributed by atoms with Crippen molar-refractivity contribution in [3.05, 3.63) is 42.3 Å². The number of rotatable bonds is 12. The fourth-order valence-electron chi connectivity index (χ4n) is 7.43. The summed E-state index contributed by atoms with van der Waals surface area (Å²) in [4.78, 5) is 78.7. The first-order chi connectivity index (χ1) is 27.4. The van der Waals surface area contributed by atoms with Crippen LogP contribution in [0.15, 0.2) is 42.3 Å². The Morgan fingerprint density at radius 1 is 1.00 bits per heavy atom. The van der Waals surface area contributed by atoms with Crippen molar-refractivity contribution in [3.8, 4) is 22.9 Å². The molecule has 1 saturated heterocycles. The number of fused-ring (bicyclic) bond motifs is 1. The van der Waals surface area contributed by atoms with Gasteiger partial charge in [0.15, 0.2) is 5.13 Å². The average molecular weight is 819 g/mol. The lowest BCUT2D eigenvalue weighted by molar-refractivity contribution is -0.148. The van der Waals surface area contributed by atoms with Gasteiger partial charge in [-0.1, -0.05) is 47.6 Å². The number of methoxy groups -OCH3 is 2. The molecule has 3 aliphatic rings. The summed E-state index contributed by atoms with van der Waals surface area (Å²) in [6, 6.07) is 4.96. The van der Waals surface area contributed by atoms with Crippen LogP contribution in [0.25, 0.3) is 22.3 Å². The molecule has 16 heteroatoms.